The first-order valence-corrected chi connectivity index (χ1v) is 15.1. The van der Waals surface area contributed by atoms with Crippen molar-refractivity contribution < 1.29 is 0 Å². The normalized spacial score (nSPS) is 21.7. The van der Waals surface area contributed by atoms with Crippen LogP contribution in [0.25, 0.3) is 43.8 Å². The van der Waals surface area contributed by atoms with Crippen molar-refractivity contribution in [2.24, 2.45) is 0 Å². The third kappa shape index (κ3) is 3.36. The van der Waals surface area contributed by atoms with Gasteiger partial charge in [0.2, 0.25) is 0 Å². The molecule has 2 atom stereocenters. The zero-order valence-corrected chi connectivity index (χ0v) is 23.9. The zero-order valence-electron chi connectivity index (χ0n) is 23.9. The second-order valence-corrected chi connectivity index (χ2v) is 12.4. The average molecular weight is 530 g/mol. The van der Waals surface area contributed by atoms with Crippen molar-refractivity contribution in [3.05, 3.63) is 133 Å². The highest BCUT2D eigenvalue weighted by atomic mass is 15.3. The number of fused-ring (bicyclic) bond motifs is 5. The standard InChI is InChI=1S/C40H35N/c1-39-26-14-15-27-40(39,2)41(36-25-13-11-23-34(36)39)35-24-12-10-22-33(35)38-31-20-8-6-18-29(31)37(28-16-4-3-5-17-28)30-19-7-9-21-32(30)38/h3-13,16-25H,14-15,26-27H2,1-2H3. The molecular formula is C40H35N. The van der Waals surface area contributed by atoms with Crippen molar-refractivity contribution in [1.29, 1.82) is 0 Å². The molecule has 0 N–H and O–H groups in total. The molecule has 8 rings (SSSR count). The maximum atomic E-state index is 2.73. The first kappa shape index (κ1) is 24.4. The quantitative estimate of drug-likeness (QED) is 0.206. The molecule has 1 heterocycles. The Morgan fingerprint density at radius 2 is 1.00 bits per heavy atom. The van der Waals surface area contributed by atoms with Gasteiger partial charge in [0.1, 0.15) is 0 Å². The summed E-state index contributed by atoms with van der Waals surface area (Å²) in [5, 5.41) is 5.22. The Balaban J connectivity index is 1.47. The molecular weight excluding hydrogens is 494 g/mol. The van der Waals surface area contributed by atoms with E-state index in [0.29, 0.717) is 0 Å². The minimum absolute atomic E-state index is 0.0145. The van der Waals surface area contributed by atoms with Gasteiger partial charge in [-0.3, -0.25) is 0 Å². The summed E-state index contributed by atoms with van der Waals surface area (Å²) in [7, 11) is 0. The molecule has 1 heteroatoms. The van der Waals surface area contributed by atoms with E-state index in [1.165, 1.54) is 86.4 Å². The van der Waals surface area contributed by atoms with Gasteiger partial charge in [-0.1, -0.05) is 135 Å². The molecule has 0 radical (unpaired) electrons. The molecule has 2 unspecified atom stereocenters. The summed E-state index contributed by atoms with van der Waals surface area (Å²) in [5.41, 5.74) is 9.55. The van der Waals surface area contributed by atoms with Crippen LogP contribution in [0.1, 0.15) is 45.1 Å². The van der Waals surface area contributed by atoms with Crippen LogP contribution in [0.15, 0.2) is 127 Å². The second kappa shape index (κ2) is 9.08. The molecule has 0 aromatic heterocycles. The van der Waals surface area contributed by atoms with Gasteiger partial charge in [-0.15, -0.1) is 0 Å². The van der Waals surface area contributed by atoms with Crippen molar-refractivity contribution in [3.63, 3.8) is 0 Å². The molecule has 1 saturated carbocycles. The lowest BCUT2D eigenvalue weighted by Gasteiger charge is -2.50. The van der Waals surface area contributed by atoms with E-state index in [4.69, 9.17) is 0 Å². The maximum absolute atomic E-state index is 2.73. The van der Waals surface area contributed by atoms with E-state index in [-0.39, 0.29) is 11.0 Å². The molecule has 6 aromatic carbocycles. The van der Waals surface area contributed by atoms with Crippen molar-refractivity contribution in [2.75, 3.05) is 4.90 Å². The van der Waals surface area contributed by atoms with Gasteiger partial charge in [-0.05, 0) is 75.7 Å². The van der Waals surface area contributed by atoms with Gasteiger partial charge in [0.05, 0.1) is 5.54 Å². The van der Waals surface area contributed by atoms with Crippen LogP contribution in [0, 0.1) is 0 Å². The summed E-state index contributed by atoms with van der Waals surface area (Å²) in [6, 6.07) is 47.3. The summed E-state index contributed by atoms with van der Waals surface area (Å²) in [4.78, 5) is 2.73. The van der Waals surface area contributed by atoms with Gasteiger partial charge in [0.15, 0.2) is 0 Å². The molecule has 41 heavy (non-hydrogen) atoms. The fraction of sp³-hybridized carbons (Fsp3) is 0.200. The minimum atomic E-state index is 0.0145. The highest BCUT2D eigenvalue weighted by molar-refractivity contribution is 6.22. The predicted octanol–water partition coefficient (Wildman–Crippen LogP) is 11.1. The fourth-order valence-electron chi connectivity index (χ4n) is 8.29. The van der Waals surface area contributed by atoms with Crippen LogP contribution in [0.3, 0.4) is 0 Å². The number of anilines is 2. The largest absolute Gasteiger partial charge is 0.334 e. The van der Waals surface area contributed by atoms with Crippen LogP contribution in [0.2, 0.25) is 0 Å². The molecule has 200 valence electrons. The summed E-state index contributed by atoms with van der Waals surface area (Å²) >= 11 is 0. The number of benzene rings is 6. The smallest absolute Gasteiger partial charge is 0.0518 e. The highest BCUT2D eigenvalue weighted by Crippen LogP contribution is 2.62. The minimum Gasteiger partial charge on any atom is -0.334 e. The van der Waals surface area contributed by atoms with Crippen LogP contribution in [0.4, 0.5) is 11.4 Å². The van der Waals surface area contributed by atoms with Gasteiger partial charge < -0.3 is 4.90 Å². The first-order valence-electron chi connectivity index (χ1n) is 15.1. The Kier molecular flexibility index (Phi) is 5.41. The Bertz CT molecular complexity index is 1880. The molecule has 1 aliphatic carbocycles. The van der Waals surface area contributed by atoms with Crippen molar-refractivity contribution in [3.8, 4) is 22.3 Å². The number of hydrogen-bond acceptors (Lipinski definition) is 1. The van der Waals surface area contributed by atoms with Crippen LogP contribution in [-0.4, -0.2) is 5.54 Å². The SMILES string of the molecule is CC12CCCCC1(C)N(c1ccccc1-c1c3ccccc3c(-c3ccccc3)c3ccccc13)c1ccccc12. The summed E-state index contributed by atoms with van der Waals surface area (Å²) < 4.78 is 0. The molecule has 0 amide bonds. The Hall–Kier alpha value is -4.36. The molecule has 1 aliphatic heterocycles. The lowest BCUT2D eigenvalue weighted by Crippen LogP contribution is -2.54. The topological polar surface area (TPSA) is 3.24 Å². The van der Waals surface area contributed by atoms with E-state index in [2.05, 4.69) is 146 Å². The summed E-state index contributed by atoms with van der Waals surface area (Å²) in [6.07, 6.45) is 5.00. The average Bonchev–Trinajstić information content (AvgIpc) is 3.23. The maximum Gasteiger partial charge on any atom is 0.0518 e. The summed E-state index contributed by atoms with van der Waals surface area (Å²) in [5.74, 6) is 0. The molecule has 2 aliphatic rings. The van der Waals surface area contributed by atoms with E-state index in [1.807, 2.05) is 0 Å². The molecule has 0 spiro atoms. The highest BCUT2D eigenvalue weighted by Gasteiger charge is 2.57. The van der Waals surface area contributed by atoms with Crippen molar-refractivity contribution in [1.82, 2.24) is 0 Å². The number of para-hydroxylation sites is 2. The lowest BCUT2D eigenvalue weighted by molar-refractivity contribution is 0.195. The molecule has 1 nitrogen and oxygen atoms in total. The van der Waals surface area contributed by atoms with Crippen LogP contribution in [-0.2, 0) is 5.41 Å². The number of nitrogens with zero attached hydrogens (tertiary/aromatic N) is 1. The van der Waals surface area contributed by atoms with E-state index in [9.17, 15) is 0 Å². The number of rotatable bonds is 3. The zero-order chi connectivity index (χ0) is 27.6. The third-order valence-electron chi connectivity index (χ3n) is 10.4. The van der Waals surface area contributed by atoms with Crippen LogP contribution in [0.5, 0.6) is 0 Å². The van der Waals surface area contributed by atoms with E-state index < -0.39 is 0 Å². The monoisotopic (exact) mass is 529 g/mol. The van der Waals surface area contributed by atoms with Crippen molar-refractivity contribution in [2.45, 2.75) is 50.5 Å². The van der Waals surface area contributed by atoms with E-state index in [1.54, 1.807) is 0 Å². The molecule has 0 bridgehead atoms. The van der Waals surface area contributed by atoms with E-state index in [0.717, 1.165) is 0 Å². The van der Waals surface area contributed by atoms with Gasteiger partial charge >= 0.3 is 0 Å². The van der Waals surface area contributed by atoms with Gasteiger partial charge in [0, 0.05) is 22.4 Å². The second-order valence-electron chi connectivity index (χ2n) is 12.4. The lowest BCUT2D eigenvalue weighted by atomic mass is 9.61. The summed E-state index contributed by atoms with van der Waals surface area (Å²) in [6.45, 7) is 5.05. The predicted molar refractivity (Wildman–Crippen MR) is 175 cm³/mol. The van der Waals surface area contributed by atoms with Gasteiger partial charge in [-0.2, -0.15) is 0 Å². The number of hydrogen-bond donors (Lipinski definition) is 0. The van der Waals surface area contributed by atoms with E-state index >= 15 is 0 Å². The third-order valence-corrected chi connectivity index (χ3v) is 10.4. The fourth-order valence-corrected chi connectivity index (χ4v) is 8.29. The Morgan fingerprint density at radius 1 is 0.488 bits per heavy atom. The van der Waals surface area contributed by atoms with Gasteiger partial charge in [0.25, 0.3) is 0 Å². The van der Waals surface area contributed by atoms with Crippen LogP contribution < -0.4 is 4.90 Å². The van der Waals surface area contributed by atoms with Crippen LogP contribution >= 0.6 is 0 Å². The van der Waals surface area contributed by atoms with Crippen molar-refractivity contribution >= 4 is 32.9 Å². The first-order chi connectivity index (χ1) is 20.1. The molecule has 0 saturated heterocycles. The Morgan fingerprint density at radius 3 is 1.68 bits per heavy atom. The molecule has 1 fully saturated rings. The Labute approximate surface area is 243 Å². The van der Waals surface area contributed by atoms with Gasteiger partial charge in [-0.25, -0.2) is 0 Å². The molecule has 6 aromatic rings.